The summed E-state index contributed by atoms with van der Waals surface area (Å²) in [5.74, 6) is -0.645. The zero-order valence-electron chi connectivity index (χ0n) is 10.4. The lowest BCUT2D eigenvalue weighted by atomic mass is 10.2. The van der Waals surface area contributed by atoms with Crippen molar-refractivity contribution < 1.29 is 13.9 Å². The lowest BCUT2D eigenvalue weighted by molar-refractivity contribution is -0.124. The van der Waals surface area contributed by atoms with E-state index in [0.717, 1.165) is 6.54 Å². The molecule has 19 heavy (non-hydrogen) atoms. The Kier molecular flexibility index (Phi) is 5.13. The molecular weight excluding hydrogens is 271 g/mol. The van der Waals surface area contributed by atoms with Gasteiger partial charge in [0.05, 0.1) is 24.2 Å². The fourth-order valence-electron chi connectivity index (χ4n) is 1.91. The van der Waals surface area contributed by atoms with Crippen molar-refractivity contribution in [1.82, 2.24) is 10.6 Å². The Hall–Kier alpha value is -1.17. The van der Waals surface area contributed by atoms with Crippen LogP contribution in [0.3, 0.4) is 0 Å². The molecule has 0 bridgehead atoms. The number of halogens is 2. The maximum Gasteiger partial charge on any atom is 0.222 e. The Labute approximate surface area is 116 Å². The molecule has 1 saturated heterocycles. The van der Waals surface area contributed by atoms with E-state index in [2.05, 4.69) is 10.6 Å². The number of hydrogen-bond acceptors (Lipinski definition) is 3. The number of ether oxygens (including phenoxy) is 1. The third-order valence-corrected chi connectivity index (χ3v) is 3.22. The topological polar surface area (TPSA) is 50.4 Å². The number of carbonyl (C=O) groups is 1. The lowest BCUT2D eigenvalue weighted by Gasteiger charge is -2.23. The van der Waals surface area contributed by atoms with E-state index >= 15 is 0 Å². The molecule has 0 saturated carbocycles. The van der Waals surface area contributed by atoms with Gasteiger partial charge in [0, 0.05) is 25.2 Å². The Morgan fingerprint density at radius 2 is 2.42 bits per heavy atom. The highest BCUT2D eigenvalue weighted by atomic mass is 35.5. The first-order valence-electron chi connectivity index (χ1n) is 6.18. The van der Waals surface area contributed by atoms with E-state index in [1.165, 1.54) is 6.07 Å². The molecule has 4 nitrogen and oxygen atoms in total. The van der Waals surface area contributed by atoms with Crippen LogP contribution in [0.1, 0.15) is 12.0 Å². The van der Waals surface area contributed by atoms with Gasteiger partial charge < -0.3 is 15.4 Å². The van der Waals surface area contributed by atoms with Gasteiger partial charge in [-0.15, -0.1) is 0 Å². The van der Waals surface area contributed by atoms with Gasteiger partial charge in [-0.25, -0.2) is 4.39 Å². The largest absolute Gasteiger partial charge is 0.375 e. The van der Waals surface area contributed by atoms with Crippen molar-refractivity contribution >= 4 is 17.5 Å². The number of carbonyl (C=O) groups excluding carboxylic acids is 1. The van der Waals surface area contributed by atoms with Gasteiger partial charge in [0.1, 0.15) is 5.82 Å². The minimum Gasteiger partial charge on any atom is -0.375 e. The Morgan fingerprint density at radius 3 is 3.16 bits per heavy atom. The van der Waals surface area contributed by atoms with Gasteiger partial charge in [0.15, 0.2) is 0 Å². The molecule has 0 spiro atoms. The van der Waals surface area contributed by atoms with Gasteiger partial charge >= 0.3 is 0 Å². The van der Waals surface area contributed by atoms with Crippen LogP contribution in [-0.4, -0.2) is 31.7 Å². The molecule has 1 fully saturated rings. The van der Waals surface area contributed by atoms with E-state index in [0.29, 0.717) is 18.7 Å². The maximum absolute atomic E-state index is 13.6. The van der Waals surface area contributed by atoms with Crippen molar-refractivity contribution in [1.29, 1.82) is 0 Å². The van der Waals surface area contributed by atoms with E-state index in [1.54, 1.807) is 12.1 Å². The fraction of sp³-hybridized carbons (Fsp3) is 0.462. The second-order valence-electron chi connectivity index (χ2n) is 4.39. The summed E-state index contributed by atoms with van der Waals surface area (Å²) in [6.45, 7) is 2.22. The molecule has 1 unspecified atom stereocenters. The molecule has 1 aliphatic rings. The number of nitrogens with one attached hydrogen (secondary N) is 2. The summed E-state index contributed by atoms with van der Waals surface area (Å²) >= 11 is 5.67. The molecule has 2 N–H and O–H groups in total. The predicted octanol–water partition coefficient (Wildman–Crippen LogP) is 1.47. The molecule has 104 valence electrons. The van der Waals surface area contributed by atoms with Gasteiger partial charge in [0.2, 0.25) is 5.91 Å². The summed E-state index contributed by atoms with van der Waals surface area (Å²) < 4.78 is 19.0. The van der Waals surface area contributed by atoms with Crippen LogP contribution in [0.2, 0.25) is 5.02 Å². The lowest BCUT2D eigenvalue weighted by Crippen LogP contribution is -2.41. The average molecular weight is 287 g/mol. The third kappa shape index (κ3) is 4.16. The molecule has 1 heterocycles. The zero-order chi connectivity index (χ0) is 13.7. The van der Waals surface area contributed by atoms with Crippen LogP contribution in [0.4, 0.5) is 4.39 Å². The SMILES string of the molecule is O=C(CC1CNCCO1)NCc1cccc(Cl)c1F. The van der Waals surface area contributed by atoms with Gasteiger partial charge in [0.25, 0.3) is 0 Å². The van der Waals surface area contributed by atoms with Gasteiger partial charge in [-0.3, -0.25) is 4.79 Å². The Balaban J connectivity index is 1.81. The minimum absolute atomic E-state index is 0.0616. The molecule has 1 amide bonds. The number of benzene rings is 1. The first-order chi connectivity index (χ1) is 9.16. The smallest absolute Gasteiger partial charge is 0.222 e. The van der Waals surface area contributed by atoms with Crippen LogP contribution < -0.4 is 10.6 Å². The van der Waals surface area contributed by atoms with Crippen molar-refractivity contribution in [3.63, 3.8) is 0 Å². The van der Waals surface area contributed by atoms with Crippen LogP contribution >= 0.6 is 11.6 Å². The predicted molar refractivity (Wildman–Crippen MR) is 70.5 cm³/mol. The van der Waals surface area contributed by atoms with E-state index in [4.69, 9.17) is 16.3 Å². The standard InChI is InChI=1S/C13H16ClFN2O2/c14-11-3-1-2-9(13(11)15)7-17-12(18)6-10-8-16-4-5-19-10/h1-3,10,16H,4-8H2,(H,17,18). The first kappa shape index (κ1) is 14.2. The van der Waals surface area contributed by atoms with Crippen LogP contribution in [0.15, 0.2) is 18.2 Å². The fourth-order valence-corrected chi connectivity index (χ4v) is 2.10. The highest BCUT2D eigenvalue weighted by Gasteiger charge is 2.17. The van der Waals surface area contributed by atoms with Gasteiger partial charge in [-0.1, -0.05) is 23.7 Å². The normalized spacial score (nSPS) is 19.2. The zero-order valence-corrected chi connectivity index (χ0v) is 11.2. The van der Waals surface area contributed by atoms with Crippen LogP contribution in [0.5, 0.6) is 0 Å². The minimum atomic E-state index is -0.486. The maximum atomic E-state index is 13.6. The van der Waals surface area contributed by atoms with Crippen molar-refractivity contribution in [3.8, 4) is 0 Å². The number of rotatable bonds is 4. The molecule has 1 atom stereocenters. The summed E-state index contributed by atoms with van der Waals surface area (Å²) in [6.07, 6.45) is 0.160. The van der Waals surface area contributed by atoms with Crippen molar-refractivity contribution in [2.75, 3.05) is 19.7 Å². The van der Waals surface area contributed by atoms with Crippen LogP contribution in [0.25, 0.3) is 0 Å². The van der Waals surface area contributed by atoms with E-state index < -0.39 is 5.82 Å². The number of morpholine rings is 1. The number of amides is 1. The third-order valence-electron chi connectivity index (χ3n) is 2.93. The van der Waals surface area contributed by atoms with Crippen LogP contribution in [-0.2, 0) is 16.1 Å². The first-order valence-corrected chi connectivity index (χ1v) is 6.56. The second-order valence-corrected chi connectivity index (χ2v) is 4.80. The molecule has 1 aromatic carbocycles. The second kappa shape index (κ2) is 6.84. The summed E-state index contributed by atoms with van der Waals surface area (Å²) in [5, 5.41) is 5.88. The molecule has 1 aromatic rings. The Bertz CT molecular complexity index is 450. The summed E-state index contributed by atoms with van der Waals surface area (Å²) in [5.41, 5.74) is 0.378. The quantitative estimate of drug-likeness (QED) is 0.881. The molecule has 2 rings (SSSR count). The summed E-state index contributed by atoms with van der Waals surface area (Å²) in [4.78, 5) is 11.7. The highest BCUT2D eigenvalue weighted by Crippen LogP contribution is 2.17. The monoisotopic (exact) mass is 286 g/mol. The molecule has 6 heteroatoms. The van der Waals surface area contributed by atoms with E-state index in [-0.39, 0.29) is 30.0 Å². The van der Waals surface area contributed by atoms with Crippen molar-refractivity contribution in [3.05, 3.63) is 34.6 Å². The van der Waals surface area contributed by atoms with Crippen molar-refractivity contribution in [2.45, 2.75) is 19.1 Å². The van der Waals surface area contributed by atoms with Gasteiger partial charge in [-0.2, -0.15) is 0 Å². The molecule has 0 aromatic heterocycles. The molecule has 0 aliphatic carbocycles. The van der Waals surface area contributed by atoms with Crippen molar-refractivity contribution in [2.24, 2.45) is 0 Å². The van der Waals surface area contributed by atoms with Crippen LogP contribution in [0, 0.1) is 5.82 Å². The van der Waals surface area contributed by atoms with E-state index in [1.807, 2.05) is 0 Å². The average Bonchev–Trinajstić information content (AvgIpc) is 2.42. The van der Waals surface area contributed by atoms with E-state index in [9.17, 15) is 9.18 Å². The summed E-state index contributed by atoms with van der Waals surface area (Å²) in [7, 11) is 0. The summed E-state index contributed by atoms with van der Waals surface area (Å²) in [6, 6.07) is 4.73. The molecular formula is C13H16ClFN2O2. The van der Waals surface area contributed by atoms with Gasteiger partial charge in [-0.05, 0) is 6.07 Å². The highest BCUT2D eigenvalue weighted by molar-refractivity contribution is 6.30. The Morgan fingerprint density at radius 1 is 1.58 bits per heavy atom. The number of hydrogen-bond donors (Lipinski definition) is 2. The molecule has 1 aliphatic heterocycles. The molecule has 0 radical (unpaired) electrons.